The molecule has 0 bridgehead atoms. The number of tetrazole rings is 1. The van der Waals surface area contributed by atoms with E-state index in [1.807, 2.05) is 22.8 Å². The Hall–Kier alpha value is -2.92. The van der Waals surface area contributed by atoms with Crippen LogP contribution in [-0.2, 0) is 11.3 Å². The highest BCUT2D eigenvalue weighted by Gasteiger charge is 2.16. The second-order valence-corrected chi connectivity index (χ2v) is 5.97. The molecule has 4 aromatic heterocycles. The number of rotatable bonds is 6. The second-order valence-electron chi connectivity index (χ2n) is 4.99. The zero-order valence-electron chi connectivity index (χ0n) is 13.2. The van der Waals surface area contributed by atoms with Crippen molar-refractivity contribution in [1.82, 2.24) is 45.0 Å². The van der Waals surface area contributed by atoms with E-state index in [-0.39, 0.29) is 0 Å². The highest BCUT2D eigenvalue weighted by Crippen LogP contribution is 2.28. The van der Waals surface area contributed by atoms with Crippen LogP contribution in [-0.4, -0.2) is 58.7 Å². The minimum absolute atomic E-state index is 0.545. The first-order chi connectivity index (χ1) is 12.3. The van der Waals surface area contributed by atoms with Gasteiger partial charge in [-0.3, -0.25) is 9.55 Å². The van der Waals surface area contributed by atoms with Gasteiger partial charge in [-0.1, -0.05) is 0 Å². The summed E-state index contributed by atoms with van der Waals surface area (Å²) in [6.45, 7) is 1.17. The summed E-state index contributed by atoms with van der Waals surface area (Å²) in [6, 6.07) is 7.44. The van der Waals surface area contributed by atoms with Crippen molar-refractivity contribution in [2.45, 2.75) is 16.7 Å². The van der Waals surface area contributed by atoms with Gasteiger partial charge in [0.25, 0.3) is 0 Å². The Kier molecular flexibility index (Phi) is 4.31. The summed E-state index contributed by atoms with van der Waals surface area (Å²) in [5, 5.41) is 25.6. The Morgan fingerprint density at radius 3 is 2.80 bits per heavy atom. The van der Waals surface area contributed by atoms with Crippen LogP contribution in [0.3, 0.4) is 0 Å². The van der Waals surface area contributed by atoms with E-state index in [1.165, 1.54) is 16.4 Å². The molecule has 0 amide bonds. The maximum Gasteiger partial charge on any atom is 0.200 e. The van der Waals surface area contributed by atoms with E-state index in [1.54, 1.807) is 25.6 Å². The van der Waals surface area contributed by atoms with Gasteiger partial charge in [0.15, 0.2) is 16.6 Å². The molecule has 0 saturated carbocycles. The molecule has 0 unspecified atom stereocenters. The highest BCUT2D eigenvalue weighted by atomic mass is 32.2. The molecule has 10 nitrogen and oxygen atoms in total. The van der Waals surface area contributed by atoms with Crippen LogP contribution in [0.2, 0.25) is 0 Å². The van der Waals surface area contributed by atoms with Crippen LogP contribution in [0.1, 0.15) is 0 Å². The minimum atomic E-state index is 0.545. The normalized spacial score (nSPS) is 11.2. The molecular weight excluding hydrogens is 342 g/mol. The zero-order valence-corrected chi connectivity index (χ0v) is 14.0. The van der Waals surface area contributed by atoms with Crippen LogP contribution < -0.4 is 0 Å². The fourth-order valence-electron chi connectivity index (χ4n) is 2.24. The van der Waals surface area contributed by atoms with Gasteiger partial charge in [0.1, 0.15) is 5.03 Å². The lowest BCUT2D eigenvalue weighted by Crippen LogP contribution is -2.07. The first-order valence-corrected chi connectivity index (χ1v) is 8.22. The van der Waals surface area contributed by atoms with E-state index in [2.05, 4.69) is 35.8 Å². The molecular formula is C14H13N9OS. The number of hydrogen-bond acceptors (Lipinski definition) is 9. The maximum atomic E-state index is 5.21. The number of nitrogens with zero attached hydrogens (tertiary/aromatic N) is 9. The topological polar surface area (TPSA) is 109 Å². The van der Waals surface area contributed by atoms with Crippen molar-refractivity contribution in [1.29, 1.82) is 0 Å². The summed E-state index contributed by atoms with van der Waals surface area (Å²) in [5.74, 6) is 0.755. The fourth-order valence-corrected chi connectivity index (χ4v) is 3.06. The Bertz CT molecular complexity index is 984. The van der Waals surface area contributed by atoms with E-state index in [0.29, 0.717) is 29.0 Å². The van der Waals surface area contributed by atoms with Crippen LogP contribution in [0, 0.1) is 0 Å². The van der Waals surface area contributed by atoms with Crippen LogP contribution in [0.5, 0.6) is 0 Å². The van der Waals surface area contributed by atoms with Gasteiger partial charge in [0.05, 0.1) is 13.2 Å². The van der Waals surface area contributed by atoms with Gasteiger partial charge in [-0.05, 0) is 46.5 Å². The third-order valence-electron chi connectivity index (χ3n) is 3.42. The summed E-state index contributed by atoms with van der Waals surface area (Å²) >= 11 is 1.39. The molecule has 4 aromatic rings. The molecule has 25 heavy (non-hydrogen) atoms. The Morgan fingerprint density at radius 2 is 1.96 bits per heavy atom. The van der Waals surface area contributed by atoms with E-state index in [9.17, 15) is 0 Å². The molecule has 4 rings (SSSR count). The lowest BCUT2D eigenvalue weighted by molar-refractivity contribution is 0.185. The van der Waals surface area contributed by atoms with Gasteiger partial charge >= 0.3 is 0 Å². The van der Waals surface area contributed by atoms with E-state index >= 15 is 0 Å². The molecule has 0 aliphatic rings. The van der Waals surface area contributed by atoms with E-state index < -0.39 is 0 Å². The molecule has 0 aromatic carbocycles. The number of pyridine rings is 1. The summed E-state index contributed by atoms with van der Waals surface area (Å²) in [6.07, 6.45) is 3.45. The Morgan fingerprint density at radius 1 is 1.08 bits per heavy atom. The first-order valence-electron chi connectivity index (χ1n) is 7.41. The molecule has 126 valence electrons. The van der Waals surface area contributed by atoms with Gasteiger partial charge < -0.3 is 4.74 Å². The molecule has 0 atom stereocenters. The standard InChI is InChI=1S/C14H13N9OS/c1-24-9-8-22-13(10-4-6-15-7-5-10)17-18-14(22)25-12-3-2-11-16-20-21-23(11)19-12/h2-7H,8-9H2,1H3. The molecule has 11 heteroatoms. The SMILES string of the molecule is COCCn1c(Sc2ccc3nnnn3n2)nnc1-c1ccncc1. The second kappa shape index (κ2) is 6.91. The summed E-state index contributed by atoms with van der Waals surface area (Å²) in [5.41, 5.74) is 1.53. The van der Waals surface area contributed by atoms with E-state index in [0.717, 1.165) is 11.4 Å². The van der Waals surface area contributed by atoms with Crippen LogP contribution in [0.15, 0.2) is 46.8 Å². The molecule has 4 heterocycles. The van der Waals surface area contributed by atoms with Gasteiger partial charge in [-0.25, -0.2) is 0 Å². The molecule has 0 radical (unpaired) electrons. The van der Waals surface area contributed by atoms with Gasteiger partial charge in [-0.2, -0.15) is 0 Å². The number of aromatic nitrogens is 9. The molecule has 0 aliphatic carbocycles. The number of methoxy groups -OCH3 is 1. The van der Waals surface area contributed by atoms with Crippen LogP contribution in [0.4, 0.5) is 0 Å². The maximum absolute atomic E-state index is 5.21. The number of hydrogen-bond donors (Lipinski definition) is 0. The molecule has 0 N–H and O–H groups in total. The lowest BCUT2D eigenvalue weighted by atomic mass is 10.2. The van der Waals surface area contributed by atoms with E-state index in [4.69, 9.17) is 4.74 Å². The van der Waals surface area contributed by atoms with Crippen molar-refractivity contribution in [2.75, 3.05) is 13.7 Å². The minimum Gasteiger partial charge on any atom is -0.383 e. The summed E-state index contributed by atoms with van der Waals surface area (Å²) in [4.78, 5) is 4.04. The number of ether oxygens (including phenoxy) is 1. The quantitative estimate of drug-likeness (QED) is 0.499. The molecule has 0 spiro atoms. The summed E-state index contributed by atoms with van der Waals surface area (Å²) < 4.78 is 8.59. The van der Waals surface area contributed by atoms with Crippen molar-refractivity contribution >= 4 is 17.4 Å². The number of fused-ring (bicyclic) bond motifs is 1. The zero-order chi connectivity index (χ0) is 17.1. The Labute approximate surface area is 146 Å². The highest BCUT2D eigenvalue weighted by molar-refractivity contribution is 7.99. The van der Waals surface area contributed by atoms with Crippen molar-refractivity contribution in [3.63, 3.8) is 0 Å². The Balaban J connectivity index is 1.69. The van der Waals surface area contributed by atoms with Crippen molar-refractivity contribution in [2.24, 2.45) is 0 Å². The monoisotopic (exact) mass is 355 g/mol. The average Bonchev–Trinajstić information content (AvgIpc) is 3.27. The molecule has 0 saturated heterocycles. The average molecular weight is 355 g/mol. The van der Waals surface area contributed by atoms with Crippen molar-refractivity contribution in [3.05, 3.63) is 36.7 Å². The third-order valence-corrected chi connectivity index (χ3v) is 4.33. The lowest BCUT2D eigenvalue weighted by Gasteiger charge is -2.09. The molecule has 0 aliphatic heterocycles. The first kappa shape index (κ1) is 15.6. The fraction of sp³-hybridized carbons (Fsp3) is 0.214. The van der Waals surface area contributed by atoms with Crippen LogP contribution >= 0.6 is 11.8 Å². The van der Waals surface area contributed by atoms with Gasteiger partial charge in [0.2, 0.25) is 0 Å². The van der Waals surface area contributed by atoms with Gasteiger partial charge in [0, 0.05) is 25.1 Å². The third kappa shape index (κ3) is 3.19. The van der Waals surface area contributed by atoms with Gasteiger partial charge in [-0.15, -0.1) is 25.0 Å². The van der Waals surface area contributed by atoms with Crippen molar-refractivity contribution < 1.29 is 4.74 Å². The smallest absolute Gasteiger partial charge is 0.200 e. The molecule has 0 fully saturated rings. The largest absolute Gasteiger partial charge is 0.383 e. The van der Waals surface area contributed by atoms with Crippen molar-refractivity contribution in [3.8, 4) is 11.4 Å². The summed E-state index contributed by atoms with van der Waals surface area (Å²) in [7, 11) is 1.66. The predicted octanol–water partition coefficient (Wildman–Crippen LogP) is 0.970. The van der Waals surface area contributed by atoms with Crippen LogP contribution in [0.25, 0.3) is 17.0 Å². The predicted molar refractivity (Wildman–Crippen MR) is 87.8 cm³/mol.